The Morgan fingerprint density at radius 3 is 2.37 bits per heavy atom. The van der Waals surface area contributed by atoms with E-state index in [0.717, 1.165) is 0 Å². The number of imide groups is 1. The lowest BCUT2D eigenvalue weighted by molar-refractivity contribution is -0.148. The minimum Gasteiger partial charge on any atom is -0.486 e. The second-order valence-corrected chi connectivity index (χ2v) is 8.59. The summed E-state index contributed by atoms with van der Waals surface area (Å²) in [5.74, 6) is 0.0453. The van der Waals surface area contributed by atoms with E-state index in [2.05, 4.69) is 5.32 Å². The molecule has 4 atom stereocenters. The van der Waals surface area contributed by atoms with E-state index in [1.54, 1.807) is 0 Å². The maximum atomic E-state index is 13.1. The smallest absolute Gasteiger partial charge is 0.243 e. The van der Waals surface area contributed by atoms with Gasteiger partial charge in [0.15, 0.2) is 11.5 Å². The van der Waals surface area contributed by atoms with Gasteiger partial charge in [0.05, 0.1) is 18.4 Å². The van der Waals surface area contributed by atoms with Crippen LogP contribution < -0.4 is 14.8 Å². The molecule has 1 aromatic carbocycles. The van der Waals surface area contributed by atoms with E-state index in [4.69, 9.17) is 9.47 Å². The summed E-state index contributed by atoms with van der Waals surface area (Å²) in [5.41, 5.74) is 0. The highest BCUT2D eigenvalue weighted by Gasteiger charge is 2.51. The molecule has 160 valence electrons. The molecule has 1 fully saturated rings. The largest absolute Gasteiger partial charge is 0.486 e. The van der Waals surface area contributed by atoms with Crippen LogP contribution in [0.5, 0.6) is 11.5 Å². The molecule has 0 spiro atoms. The molecule has 0 radical (unpaired) electrons. The number of rotatable bonds is 6. The standard InChI is InChI=1S/C23H28N2O5/c1-14(2)11-18(25-22(27)16-7-3-4-8-17(16)23(25)28)21(26)24-12-15-13-29-19-9-5-6-10-20(19)30-15/h3-6,9-10,14-18H,7-8,11-13H2,1-2H3,(H,24,26). The van der Waals surface area contributed by atoms with Gasteiger partial charge in [-0.15, -0.1) is 0 Å². The summed E-state index contributed by atoms with van der Waals surface area (Å²) in [6.07, 6.45) is 5.13. The van der Waals surface area contributed by atoms with Gasteiger partial charge in [0.2, 0.25) is 17.7 Å². The summed E-state index contributed by atoms with van der Waals surface area (Å²) < 4.78 is 11.6. The van der Waals surface area contributed by atoms with Gasteiger partial charge in [0.1, 0.15) is 18.8 Å². The fourth-order valence-corrected chi connectivity index (χ4v) is 4.41. The Hall–Kier alpha value is -2.83. The lowest BCUT2D eigenvalue weighted by Crippen LogP contribution is -2.52. The maximum absolute atomic E-state index is 13.1. The lowest BCUT2D eigenvalue weighted by Gasteiger charge is -2.29. The predicted molar refractivity (Wildman–Crippen MR) is 110 cm³/mol. The molecule has 1 saturated heterocycles. The molecule has 0 saturated carbocycles. The van der Waals surface area contributed by atoms with Gasteiger partial charge < -0.3 is 14.8 Å². The van der Waals surface area contributed by atoms with Crippen molar-refractivity contribution in [3.8, 4) is 11.5 Å². The molecule has 0 aromatic heterocycles. The molecule has 1 N–H and O–H groups in total. The van der Waals surface area contributed by atoms with Crippen molar-refractivity contribution >= 4 is 17.7 Å². The lowest BCUT2D eigenvalue weighted by atomic mass is 9.85. The first-order valence-corrected chi connectivity index (χ1v) is 10.6. The van der Waals surface area contributed by atoms with Crippen LogP contribution in [0.15, 0.2) is 36.4 Å². The van der Waals surface area contributed by atoms with Crippen LogP contribution in [0.1, 0.15) is 33.1 Å². The third-order valence-electron chi connectivity index (χ3n) is 5.92. The van der Waals surface area contributed by atoms with Crippen LogP contribution in [-0.4, -0.2) is 47.9 Å². The van der Waals surface area contributed by atoms with Gasteiger partial charge in [0, 0.05) is 0 Å². The summed E-state index contributed by atoms with van der Waals surface area (Å²) in [5, 5.41) is 2.88. The van der Waals surface area contributed by atoms with Gasteiger partial charge in [-0.25, -0.2) is 0 Å². The van der Waals surface area contributed by atoms with Gasteiger partial charge in [-0.2, -0.15) is 0 Å². The van der Waals surface area contributed by atoms with E-state index in [1.165, 1.54) is 4.90 Å². The zero-order chi connectivity index (χ0) is 21.3. The third kappa shape index (κ3) is 3.93. The molecule has 7 heteroatoms. The number of carbonyl (C=O) groups excluding carboxylic acids is 3. The predicted octanol–water partition coefficient (Wildman–Crippen LogP) is 2.31. The van der Waals surface area contributed by atoms with Crippen molar-refractivity contribution in [2.24, 2.45) is 17.8 Å². The number of nitrogens with zero attached hydrogens (tertiary/aromatic N) is 1. The number of hydrogen-bond acceptors (Lipinski definition) is 5. The number of amides is 3. The van der Waals surface area contributed by atoms with Crippen molar-refractivity contribution in [3.05, 3.63) is 36.4 Å². The molecule has 2 heterocycles. The second kappa shape index (κ2) is 8.50. The van der Waals surface area contributed by atoms with Gasteiger partial charge in [-0.3, -0.25) is 19.3 Å². The van der Waals surface area contributed by atoms with Crippen molar-refractivity contribution in [1.29, 1.82) is 0 Å². The van der Waals surface area contributed by atoms with Crippen LogP contribution in [0.4, 0.5) is 0 Å². The molecule has 7 nitrogen and oxygen atoms in total. The molecule has 4 unspecified atom stereocenters. The third-order valence-corrected chi connectivity index (χ3v) is 5.92. The average molecular weight is 412 g/mol. The number of nitrogens with one attached hydrogen (secondary N) is 1. The molecular weight excluding hydrogens is 384 g/mol. The highest BCUT2D eigenvalue weighted by molar-refractivity contribution is 6.08. The van der Waals surface area contributed by atoms with Crippen molar-refractivity contribution in [1.82, 2.24) is 10.2 Å². The highest BCUT2D eigenvalue weighted by Crippen LogP contribution is 2.37. The Morgan fingerprint density at radius 1 is 1.10 bits per heavy atom. The highest BCUT2D eigenvalue weighted by atomic mass is 16.6. The Bertz CT molecular complexity index is 839. The number of carbonyl (C=O) groups is 3. The number of allylic oxidation sites excluding steroid dienone is 2. The first-order valence-electron chi connectivity index (χ1n) is 10.6. The summed E-state index contributed by atoms with van der Waals surface area (Å²) in [6, 6.07) is 6.59. The van der Waals surface area contributed by atoms with Gasteiger partial charge >= 0.3 is 0 Å². The van der Waals surface area contributed by atoms with Gasteiger partial charge in [0.25, 0.3) is 0 Å². The number of ether oxygens (including phenoxy) is 2. The Labute approximate surface area is 176 Å². The Morgan fingerprint density at radius 2 is 1.73 bits per heavy atom. The van der Waals surface area contributed by atoms with Gasteiger partial charge in [-0.1, -0.05) is 38.1 Å². The topological polar surface area (TPSA) is 84.9 Å². The second-order valence-electron chi connectivity index (χ2n) is 8.59. The van der Waals surface area contributed by atoms with E-state index >= 15 is 0 Å². The number of hydrogen-bond donors (Lipinski definition) is 1. The minimum atomic E-state index is -0.799. The molecule has 2 aliphatic heterocycles. The average Bonchev–Trinajstić information content (AvgIpc) is 3.00. The number of likely N-dealkylation sites (tertiary alicyclic amines) is 1. The van der Waals surface area contributed by atoms with Crippen LogP contribution >= 0.6 is 0 Å². The quantitative estimate of drug-likeness (QED) is 0.573. The van der Waals surface area contributed by atoms with E-state index in [0.29, 0.717) is 37.4 Å². The molecule has 3 amide bonds. The SMILES string of the molecule is CC(C)CC(C(=O)NCC1COc2ccccc2O1)N1C(=O)C2CC=CCC2C1=O. The van der Waals surface area contributed by atoms with E-state index in [1.807, 2.05) is 50.3 Å². The van der Waals surface area contributed by atoms with Crippen LogP contribution in [-0.2, 0) is 14.4 Å². The van der Waals surface area contributed by atoms with E-state index < -0.39 is 6.04 Å². The number of benzene rings is 1. The zero-order valence-corrected chi connectivity index (χ0v) is 17.4. The summed E-state index contributed by atoms with van der Waals surface area (Å²) in [7, 11) is 0. The molecule has 0 bridgehead atoms. The Kier molecular flexibility index (Phi) is 5.79. The van der Waals surface area contributed by atoms with Crippen LogP contribution in [0, 0.1) is 17.8 Å². The number of para-hydroxylation sites is 2. The first kappa shape index (κ1) is 20.4. The van der Waals surface area contributed by atoms with E-state index in [-0.39, 0.29) is 48.1 Å². The van der Waals surface area contributed by atoms with Crippen molar-refractivity contribution in [2.45, 2.75) is 45.3 Å². The van der Waals surface area contributed by atoms with Crippen molar-refractivity contribution in [3.63, 3.8) is 0 Å². The van der Waals surface area contributed by atoms with Crippen LogP contribution in [0.25, 0.3) is 0 Å². The van der Waals surface area contributed by atoms with Crippen LogP contribution in [0.3, 0.4) is 0 Å². The first-order chi connectivity index (χ1) is 14.5. The summed E-state index contributed by atoms with van der Waals surface area (Å²) >= 11 is 0. The fourth-order valence-electron chi connectivity index (χ4n) is 4.41. The monoisotopic (exact) mass is 412 g/mol. The molecular formula is C23H28N2O5. The summed E-state index contributed by atoms with van der Waals surface area (Å²) in [4.78, 5) is 40.2. The minimum absolute atomic E-state index is 0.156. The molecule has 30 heavy (non-hydrogen) atoms. The molecule has 4 rings (SSSR count). The fraction of sp³-hybridized carbons (Fsp3) is 0.522. The molecule has 1 aromatic rings. The van der Waals surface area contributed by atoms with E-state index in [9.17, 15) is 14.4 Å². The summed E-state index contributed by atoms with van der Waals surface area (Å²) in [6.45, 7) is 4.53. The maximum Gasteiger partial charge on any atom is 0.243 e. The van der Waals surface area contributed by atoms with Gasteiger partial charge in [-0.05, 0) is 37.3 Å². The number of fused-ring (bicyclic) bond motifs is 2. The Balaban J connectivity index is 1.43. The van der Waals surface area contributed by atoms with Crippen molar-refractivity contribution in [2.75, 3.05) is 13.2 Å². The van der Waals surface area contributed by atoms with Crippen LogP contribution in [0.2, 0.25) is 0 Å². The normalized spacial score (nSPS) is 26.0. The molecule has 3 aliphatic rings. The van der Waals surface area contributed by atoms with Crippen molar-refractivity contribution < 1.29 is 23.9 Å². The zero-order valence-electron chi connectivity index (χ0n) is 17.4. The molecule has 1 aliphatic carbocycles.